The van der Waals surface area contributed by atoms with Crippen molar-refractivity contribution in [2.75, 3.05) is 0 Å². The van der Waals surface area contributed by atoms with E-state index in [1.165, 1.54) is 44.5 Å². The van der Waals surface area contributed by atoms with E-state index in [1.54, 1.807) is 0 Å². The highest BCUT2D eigenvalue weighted by Gasteiger charge is 2.19. The molecule has 0 aliphatic carbocycles. The first kappa shape index (κ1) is 27.8. The molecule has 0 aromatic heterocycles. The van der Waals surface area contributed by atoms with Gasteiger partial charge in [-0.25, -0.2) is 0 Å². The van der Waals surface area contributed by atoms with Crippen molar-refractivity contribution in [3.05, 3.63) is 202 Å². The van der Waals surface area contributed by atoms with Gasteiger partial charge in [0.05, 0.1) is 0 Å². The largest absolute Gasteiger partial charge is 0.606 e. The first-order valence-electron chi connectivity index (χ1n) is 14.5. The molecule has 0 spiro atoms. The van der Waals surface area contributed by atoms with E-state index in [0.29, 0.717) is 0 Å². The predicted octanol–water partition coefficient (Wildman–Crippen LogP) is 9.22. The van der Waals surface area contributed by atoms with Crippen molar-refractivity contribution >= 4 is 11.2 Å². The maximum absolute atomic E-state index is 14.4. The number of hydrogen-bond acceptors (Lipinski definition) is 1. The minimum Gasteiger partial charge on any atom is -0.606 e. The fourth-order valence-corrected chi connectivity index (χ4v) is 6.85. The highest BCUT2D eigenvalue weighted by Crippen LogP contribution is 2.29. The smallest absolute Gasteiger partial charge is 0.159 e. The zero-order valence-corrected chi connectivity index (χ0v) is 24.5. The van der Waals surface area contributed by atoms with Gasteiger partial charge in [0.1, 0.15) is 0 Å². The summed E-state index contributed by atoms with van der Waals surface area (Å²) in [7, 11) is 0. The summed E-state index contributed by atoms with van der Waals surface area (Å²) in [5, 5.41) is 0. The van der Waals surface area contributed by atoms with Crippen LogP contribution in [0.25, 0.3) is 0 Å². The van der Waals surface area contributed by atoms with Crippen LogP contribution in [-0.4, -0.2) is 4.55 Å². The van der Waals surface area contributed by atoms with Crippen LogP contribution in [0.3, 0.4) is 0 Å². The Balaban J connectivity index is 1.37. The highest BCUT2D eigenvalue weighted by atomic mass is 32.2. The lowest BCUT2D eigenvalue weighted by Gasteiger charge is -2.16. The van der Waals surface area contributed by atoms with Crippen molar-refractivity contribution < 1.29 is 4.55 Å². The van der Waals surface area contributed by atoms with Crippen LogP contribution in [0, 0.1) is 0 Å². The van der Waals surface area contributed by atoms with Crippen LogP contribution < -0.4 is 0 Å². The van der Waals surface area contributed by atoms with Gasteiger partial charge in [-0.1, -0.05) is 133 Å². The zero-order valence-electron chi connectivity index (χ0n) is 23.7. The molecular formula is C40H34OS. The molecule has 2 heteroatoms. The monoisotopic (exact) mass is 562 g/mol. The summed E-state index contributed by atoms with van der Waals surface area (Å²) in [5.41, 5.74) is 9.74. The van der Waals surface area contributed by atoms with Crippen LogP contribution in [-0.2, 0) is 36.9 Å². The van der Waals surface area contributed by atoms with E-state index in [4.69, 9.17) is 0 Å². The molecule has 0 bridgehead atoms. The molecule has 0 aliphatic heterocycles. The summed E-state index contributed by atoms with van der Waals surface area (Å²) in [6.45, 7) is 0. The Bertz CT molecular complexity index is 1460. The van der Waals surface area contributed by atoms with Crippen molar-refractivity contribution in [1.29, 1.82) is 0 Å². The van der Waals surface area contributed by atoms with Crippen molar-refractivity contribution in [1.82, 2.24) is 0 Å². The van der Waals surface area contributed by atoms with Gasteiger partial charge in [-0.3, -0.25) is 0 Å². The maximum atomic E-state index is 14.4. The third kappa shape index (κ3) is 7.47. The minimum atomic E-state index is -1.32. The lowest BCUT2D eigenvalue weighted by atomic mass is 9.99. The Morgan fingerprint density at radius 3 is 0.786 bits per heavy atom. The first-order chi connectivity index (χ1) is 20.7. The Hall–Kier alpha value is -4.37. The highest BCUT2D eigenvalue weighted by molar-refractivity contribution is 7.91. The van der Waals surface area contributed by atoms with Crippen molar-refractivity contribution in [3.8, 4) is 0 Å². The third-order valence-electron chi connectivity index (χ3n) is 7.48. The van der Waals surface area contributed by atoms with E-state index in [9.17, 15) is 4.55 Å². The molecule has 0 aliphatic rings. The standard InChI is InChI=1S/C40H34OS/c41-42(39-27-35(21-31-13-5-1-6-14-31)25-36(28-39)22-32-15-7-2-8-16-32)40-29-37(23-33-17-9-3-10-18-33)26-38(30-40)24-34-19-11-4-12-20-34/h1-20,25-30H,21-24H2. The van der Waals surface area contributed by atoms with Crippen LogP contribution >= 0.6 is 0 Å². The summed E-state index contributed by atoms with van der Waals surface area (Å²) >= 11 is -1.32. The molecule has 0 radical (unpaired) electrons. The van der Waals surface area contributed by atoms with Gasteiger partial charge < -0.3 is 4.55 Å². The first-order valence-corrected chi connectivity index (χ1v) is 15.7. The van der Waals surface area contributed by atoms with Gasteiger partial charge in [-0.2, -0.15) is 0 Å². The SMILES string of the molecule is [O-][S+](c1cc(Cc2ccccc2)cc(Cc2ccccc2)c1)c1cc(Cc2ccccc2)cc(Cc2ccccc2)c1. The Morgan fingerprint density at radius 1 is 0.310 bits per heavy atom. The summed E-state index contributed by atoms with van der Waals surface area (Å²) in [5.74, 6) is 0. The molecule has 1 nitrogen and oxygen atoms in total. The lowest BCUT2D eigenvalue weighted by Crippen LogP contribution is -2.07. The van der Waals surface area contributed by atoms with E-state index in [1.807, 2.05) is 24.3 Å². The van der Waals surface area contributed by atoms with Crippen LogP contribution in [0.15, 0.2) is 168 Å². The Kier molecular flexibility index (Phi) is 8.95. The molecule has 206 valence electrons. The quantitative estimate of drug-likeness (QED) is 0.153. The van der Waals surface area contributed by atoms with Crippen LogP contribution in [0.2, 0.25) is 0 Å². The van der Waals surface area contributed by atoms with Crippen LogP contribution in [0.4, 0.5) is 0 Å². The molecule has 0 N–H and O–H groups in total. The summed E-state index contributed by atoms with van der Waals surface area (Å²) in [4.78, 5) is 1.72. The molecule has 42 heavy (non-hydrogen) atoms. The fourth-order valence-electron chi connectivity index (χ4n) is 5.54. The normalized spacial score (nSPS) is 11.1. The molecule has 0 fully saturated rings. The predicted molar refractivity (Wildman–Crippen MR) is 175 cm³/mol. The van der Waals surface area contributed by atoms with E-state index in [0.717, 1.165) is 35.5 Å². The summed E-state index contributed by atoms with van der Waals surface area (Å²) in [6, 6.07) is 55.2. The van der Waals surface area contributed by atoms with E-state index >= 15 is 0 Å². The second kappa shape index (κ2) is 13.5. The molecule has 6 aromatic carbocycles. The summed E-state index contributed by atoms with van der Waals surface area (Å²) in [6.07, 6.45) is 3.23. The lowest BCUT2D eigenvalue weighted by molar-refractivity contribution is 0.594. The molecule has 6 rings (SSSR count). The number of hydrogen-bond donors (Lipinski definition) is 0. The second-order valence-corrected chi connectivity index (χ2v) is 12.4. The molecular weight excluding hydrogens is 529 g/mol. The van der Waals surface area contributed by atoms with Crippen LogP contribution in [0.5, 0.6) is 0 Å². The average molecular weight is 563 g/mol. The van der Waals surface area contributed by atoms with E-state index < -0.39 is 11.2 Å². The van der Waals surface area contributed by atoms with Gasteiger partial charge >= 0.3 is 0 Å². The van der Waals surface area contributed by atoms with E-state index in [-0.39, 0.29) is 0 Å². The van der Waals surface area contributed by atoms with Gasteiger partial charge in [-0.05, 0) is 94.5 Å². The zero-order chi connectivity index (χ0) is 28.6. The van der Waals surface area contributed by atoms with Crippen molar-refractivity contribution in [2.24, 2.45) is 0 Å². The molecule has 0 saturated heterocycles. The van der Waals surface area contributed by atoms with Crippen molar-refractivity contribution in [3.63, 3.8) is 0 Å². The molecule has 6 aromatic rings. The number of benzene rings is 6. The topological polar surface area (TPSA) is 23.1 Å². The molecule has 0 atom stereocenters. The fraction of sp³-hybridized carbons (Fsp3) is 0.100. The summed E-state index contributed by atoms with van der Waals surface area (Å²) < 4.78 is 14.4. The van der Waals surface area contributed by atoms with Crippen molar-refractivity contribution in [2.45, 2.75) is 35.5 Å². The van der Waals surface area contributed by atoms with Gasteiger partial charge in [0, 0.05) is 11.2 Å². The molecule has 0 amide bonds. The second-order valence-electron chi connectivity index (χ2n) is 10.9. The molecule has 0 heterocycles. The molecule has 0 unspecified atom stereocenters. The Morgan fingerprint density at radius 2 is 0.548 bits per heavy atom. The average Bonchev–Trinajstić information content (AvgIpc) is 3.02. The van der Waals surface area contributed by atoms with E-state index in [2.05, 4.69) is 133 Å². The van der Waals surface area contributed by atoms with Gasteiger partial charge in [0.2, 0.25) is 0 Å². The minimum absolute atomic E-state index is 0.807. The number of rotatable bonds is 10. The third-order valence-corrected chi connectivity index (χ3v) is 8.81. The van der Waals surface area contributed by atoms with Gasteiger partial charge in [0.25, 0.3) is 0 Å². The maximum Gasteiger partial charge on any atom is 0.159 e. The van der Waals surface area contributed by atoms with Crippen LogP contribution in [0.1, 0.15) is 44.5 Å². The van der Waals surface area contributed by atoms with Gasteiger partial charge in [0.15, 0.2) is 9.79 Å². The molecule has 0 saturated carbocycles. The Labute approximate surface area is 252 Å². The van der Waals surface area contributed by atoms with Gasteiger partial charge in [-0.15, -0.1) is 0 Å².